The first-order valence-electron chi connectivity index (χ1n) is 3.85. The molecule has 0 spiro atoms. The monoisotopic (exact) mass is 189 g/mol. The highest BCUT2D eigenvalue weighted by Crippen LogP contribution is 2.10. The highest BCUT2D eigenvalue weighted by Gasteiger charge is 2.27. The van der Waals surface area contributed by atoms with Crippen LogP contribution in [0.2, 0.25) is 0 Å². The lowest BCUT2D eigenvalue weighted by molar-refractivity contribution is -0.141. The Balaban J connectivity index is 2.32. The SMILES string of the molecule is O=C(O)CN(CC(=O)O)CC1CO1. The summed E-state index contributed by atoms with van der Waals surface area (Å²) in [5.74, 6) is -2.05. The normalized spacial score (nSPS) is 20.2. The summed E-state index contributed by atoms with van der Waals surface area (Å²) in [4.78, 5) is 22.0. The zero-order chi connectivity index (χ0) is 9.84. The van der Waals surface area contributed by atoms with Crippen LogP contribution in [0.25, 0.3) is 0 Å². The number of rotatable bonds is 6. The second kappa shape index (κ2) is 4.20. The fourth-order valence-corrected chi connectivity index (χ4v) is 1.03. The number of aliphatic carboxylic acids is 2. The summed E-state index contributed by atoms with van der Waals surface area (Å²) in [7, 11) is 0. The Morgan fingerprint density at radius 3 is 2.08 bits per heavy atom. The first-order valence-corrected chi connectivity index (χ1v) is 3.85. The van der Waals surface area contributed by atoms with Gasteiger partial charge in [0.2, 0.25) is 0 Å². The van der Waals surface area contributed by atoms with Gasteiger partial charge < -0.3 is 14.9 Å². The third-order valence-corrected chi connectivity index (χ3v) is 1.58. The van der Waals surface area contributed by atoms with Crippen LogP contribution >= 0.6 is 0 Å². The minimum Gasteiger partial charge on any atom is -0.480 e. The summed E-state index contributed by atoms with van der Waals surface area (Å²) < 4.78 is 4.87. The molecule has 0 aliphatic carbocycles. The first kappa shape index (κ1) is 9.94. The van der Waals surface area contributed by atoms with Gasteiger partial charge in [-0.25, -0.2) is 0 Å². The van der Waals surface area contributed by atoms with Crippen molar-refractivity contribution in [1.29, 1.82) is 0 Å². The Hall–Kier alpha value is -1.14. The van der Waals surface area contributed by atoms with Gasteiger partial charge in [0.25, 0.3) is 0 Å². The molecule has 1 atom stereocenters. The largest absolute Gasteiger partial charge is 0.480 e. The van der Waals surface area contributed by atoms with Crippen molar-refractivity contribution in [2.75, 3.05) is 26.2 Å². The second-order valence-corrected chi connectivity index (χ2v) is 2.91. The summed E-state index contributed by atoms with van der Waals surface area (Å²) in [5, 5.41) is 16.9. The molecule has 1 unspecified atom stereocenters. The van der Waals surface area contributed by atoms with Crippen molar-refractivity contribution >= 4 is 11.9 Å². The molecule has 74 valence electrons. The Bertz CT molecular complexity index is 197. The minimum absolute atomic E-state index is 0.0127. The van der Waals surface area contributed by atoms with Crippen LogP contribution in [0.15, 0.2) is 0 Å². The highest BCUT2D eigenvalue weighted by atomic mass is 16.6. The van der Waals surface area contributed by atoms with E-state index in [-0.39, 0.29) is 19.2 Å². The van der Waals surface area contributed by atoms with Gasteiger partial charge in [0, 0.05) is 6.54 Å². The molecule has 0 bridgehead atoms. The molecule has 1 aliphatic heterocycles. The molecule has 6 heteroatoms. The lowest BCUT2D eigenvalue weighted by atomic mass is 10.4. The summed E-state index contributed by atoms with van der Waals surface area (Å²) in [6.07, 6.45) is 0.0127. The predicted molar refractivity (Wildman–Crippen MR) is 41.5 cm³/mol. The van der Waals surface area contributed by atoms with Crippen molar-refractivity contribution in [3.05, 3.63) is 0 Å². The van der Waals surface area contributed by atoms with Crippen LogP contribution in [0.5, 0.6) is 0 Å². The molecular formula is C7H11NO5. The van der Waals surface area contributed by atoms with E-state index in [1.54, 1.807) is 0 Å². The molecule has 1 aliphatic rings. The summed E-state index contributed by atoms with van der Waals surface area (Å²) in [5.41, 5.74) is 0. The Morgan fingerprint density at radius 1 is 1.31 bits per heavy atom. The van der Waals surface area contributed by atoms with E-state index in [1.807, 2.05) is 0 Å². The maximum absolute atomic E-state index is 10.3. The van der Waals surface area contributed by atoms with E-state index in [2.05, 4.69) is 0 Å². The van der Waals surface area contributed by atoms with Gasteiger partial charge >= 0.3 is 11.9 Å². The van der Waals surface area contributed by atoms with Gasteiger partial charge in [-0.3, -0.25) is 14.5 Å². The van der Waals surface area contributed by atoms with Crippen molar-refractivity contribution < 1.29 is 24.5 Å². The number of ether oxygens (including phenoxy) is 1. The lowest BCUT2D eigenvalue weighted by Gasteiger charge is -2.15. The zero-order valence-corrected chi connectivity index (χ0v) is 6.97. The Morgan fingerprint density at radius 2 is 1.77 bits per heavy atom. The van der Waals surface area contributed by atoms with Gasteiger partial charge in [-0.1, -0.05) is 0 Å². The quantitative estimate of drug-likeness (QED) is 0.513. The number of hydrogen-bond acceptors (Lipinski definition) is 4. The fraction of sp³-hybridized carbons (Fsp3) is 0.714. The van der Waals surface area contributed by atoms with Gasteiger partial charge in [-0.05, 0) is 0 Å². The molecule has 0 saturated carbocycles. The molecule has 0 radical (unpaired) electrons. The second-order valence-electron chi connectivity index (χ2n) is 2.91. The average Bonchev–Trinajstić information content (AvgIpc) is 2.67. The molecule has 1 heterocycles. The molecule has 1 saturated heterocycles. The Kier molecular flexibility index (Phi) is 3.21. The number of carbonyl (C=O) groups is 2. The summed E-state index contributed by atoms with van der Waals surface area (Å²) in [6.45, 7) is 0.451. The molecular weight excluding hydrogens is 178 g/mol. The van der Waals surface area contributed by atoms with Crippen molar-refractivity contribution in [1.82, 2.24) is 4.90 Å². The molecule has 6 nitrogen and oxygen atoms in total. The van der Waals surface area contributed by atoms with Crippen LogP contribution in [0.3, 0.4) is 0 Å². The molecule has 0 aromatic rings. The van der Waals surface area contributed by atoms with E-state index in [1.165, 1.54) is 4.90 Å². The topological polar surface area (TPSA) is 90.4 Å². The number of nitrogens with zero attached hydrogens (tertiary/aromatic N) is 1. The number of epoxide rings is 1. The van der Waals surface area contributed by atoms with E-state index < -0.39 is 11.9 Å². The van der Waals surface area contributed by atoms with Crippen molar-refractivity contribution in [3.63, 3.8) is 0 Å². The summed E-state index contributed by atoms with van der Waals surface area (Å²) in [6, 6.07) is 0. The zero-order valence-electron chi connectivity index (χ0n) is 6.97. The van der Waals surface area contributed by atoms with Crippen LogP contribution in [0, 0.1) is 0 Å². The van der Waals surface area contributed by atoms with Crippen LogP contribution < -0.4 is 0 Å². The van der Waals surface area contributed by atoms with Crippen LogP contribution in [0.4, 0.5) is 0 Å². The number of carboxylic acids is 2. The third kappa shape index (κ3) is 4.44. The number of carboxylic acid groups (broad SMARTS) is 2. The van der Waals surface area contributed by atoms with Crippen LogP contribution in [0.1, 0.15) is 0 Å². The smallest absolute Gasteiger partial charge is 0.317 e. The van der Waals surface area contributed by atoms with E-state index >= 15 is 0 Å². The van der Waals surface area contributed by atoms with Crippen molar-refractivity contribution in [3.8, 4) is 0 Å². The molecule has 0 aromatic carbocycles. The van der Waals surface area contributed by atoms with Crippen molar-refractivity contribution in [2.45, 2.75) is 6.10 Å². The average molecular weight is 189 g/mol. The molecule has 2 N–H and O–H groups in total. The summed E-state index contributed by atoms with van der Waals surface area (Å²) >= 11 is 0. The fourth-order valence-electron chi connectivity index (χ4n) is 1.03. The van der Waals surface area contributed by atoms with Crippen molar-refractivity contribution in [2.24, 2.45) is 0 Å². The maximum Gasteiger partial charge on any atom is 0.317 e. The minimum atomic E-state index is -1.03. The standard InChI is InChI=1S/C7H11NO5/c9-6(10)2-8(3-7(11)12)1-5-4-13-5/h5H,1-4H2,(H,9,10)(H,11,12). The van der Waals surface area contributed by atoms with Crippen LogP contribution in [-0.2, 0) is 14.3 Å². The third-order valence-electron chi connectivity index (χ3n) is 1.58. The van der Waals surface area contributed by atoms with Crippen LogP contribution in [-0.4, -0.2) is 59.4 Å². The van der Waals surface area contributed by atoms with E-state index in [0.717, 1.165) is 0 Å². The lowest BCUT2D eigenvalue weighted by Crippen LogP contribution is -2.37. The van der Waals surface area contributed by atoms with E-state index in [0.29, 0.717) is 13.2 Å². The predicted octanol–water partition coefficient (Wildman–Crippen LogP) is -1.14. The maximum atomic E-state index is 10.3. The van der Waals surface area contributed by atoms with Gasteiger partial charge in [0.05, 0.1) is 25.8 Å². The van der Waals surface area contributed by atoms with Gasteiger partial charge in [0.1, 0.15) is 0 Å². The van der Waals surface area contributed by atoms with Gasteiger partial charge in [0.15, 0.2) is 0 Å². The van der Waals surface area contributed by atoms with Gasteiger partial charge in [-0.15, -0.1) is 0 Å². The molecule has 0 aromatic heterocycles. The Labute approximate surface area is 74.7 Å². The molecule has 0 amide bonds. The molecule has 1 fully saturated rings. The van der Waals surface area contributed by atoms with E-state index in [9.17, 15) is 9.59 Å². The molecule has 1 rings (SSSR count). The van der Waals surface area contributed by atoms with Gasteiger partial charge in [-0.2, -0.15) is 0 Å². The highest BCUT2D eigenvalue weighted by molar-refractivity contribution is 5.72. The molecule has 13 heavy (non-hydrogen) atoms. The number of hydrogen-bond donors (Lipinski definition) is 2. The first-order chi connectivity index (χ1) is 6.08. The van der Waals surface area contributed by atoms with E-state index in [4.69, 9.17) is 14.9 Å².